The van der Waals surface area contributed by atoms with Gasteiger partial charge in [-0.25, -0.2) is 14.6 Å². The van der Waals surface area contributed by atoms with Gasteiger partial charge in [-0.15, -0.1) is 0 Å². The van der Waals surface area contributed by atoms with Crippen LogP contribution >= 0.6 is 0 Å². The number of nitrogens with zero attached hydrogens (tertiary/aromatic N) is 2. The SMILES string of the molecule is CCCC[Si](C)(C)C1OC(=O)C(CC)(OC(=O)CCNC(=O)OC(C)(C)C)c2cc3n(c(=O)c21)Cc1cc2cc(OC(C)=O)ccc2nc1-3. The summed E-state index contributed by atoms with van der Waals surface area (Å²) in [6, 6.07) is 9.63. The third-order valence-corrected chi connectivity index (χ3v) is 12.4. The first kappa shape index (κ1) is 35.8. The second-order valence-corrected chi connectivity index (χ2v) is 19.4. The van der Waals surface area contributed by atoms with E-state index in [2.05, 4.69) is 25.3 Å². The van der Waals surface area contributed by atoms with Crippen molar-refractivity contribution in [3.8, 4) is 17.1 Å². The molecule has 2 atom stereocenters. The number of carbonyl (C=O) groups excluding carboxylic acids is 4. The highest BCUT2D eigenvalue weighted by Gasteiger charge is 2.56. The van der Waals surface area contributed by atoms with Crippen molar-refractivity contribution < 1.29 is 38.1 Å². The van der Waals surface area contributed by atoms with E-state index >= 15 is 0 Å². The minimum Gasteiger partial charge on any atom is -0.458 e. The van der Waals surface area contributed by atoms with Gasteiger partial charge in [-0.2, -0.15) is 0 Å². The van der Waals surface area contributed by atoms with Crippen LogP contribution in [0.25, 0.3) is 22.3 Å². The molecule has 0 radical (unpaired) electrons. The van der Waals surface area contributed by atoms with Gasteiger partial charge in [-0.1, -0.05) is 45.8 Å². The van der Waals surface area contributed by atoms with Crippen molar-refractivity contribution in [2.45, 2.75) is 110 Å². The Morgan fingerprint density at radius 1 is 1.12 bits per heavy atom. The Kier molecular flexibility index (Phi) is 9.79. The maximum absolute atomic E-state index is 14.6. The number of nitrogens with one attached hydrogen (secondary N) is 1. The van der Waals surface area contributed by atoms with Gasteiger partial charge in [0.05, 0.1) is 35.4 Å². The van der Waals surface area contributed by atoms with Crippen molar-refractivity contribution in [2.24, 2.45) is 0 Å². The Balaban J connectivity index is 1.59. The Labute approximate surface area is 286 Å². The molecule has 2 unspecified atom stereocenters. The first-order chi connectivity index (χ1) is 23.0. The summed E-state index contributed by atoms with van der Waals surface area (Å²) in [7, 11) is -2.40. The van der Waals surface area contributed by atoms with Crippen LogP contribution < -0.4 is 15.6 Å². The van der Waals surface area contributed by atoms with Gasteiger partial charge in [0, 0.05) is 30.0 Å². The van der Waals surface area contributed by atoms with Crippen LogP contribution in [0, 0.1) is 0 Å². The average molecular weight is 692 g/mol. The normalized spacial score (nSPS) is 18.2. The van der Waals surface area contributed by atoms with E-state index < -0.39 is 49.0 Å². The number of amides is 1. The third kappa shape index (κ3) is 7.12. The lowest BCUT2D eigenvalue weighted by Gasteiger charge is -2.43. The zero-order chi connectivity index (χ0) is 35.9. The molecule has 262 valence electrons. The molecule has 13 heteroatoms. The van der Waals surface area contributed by atoms with E-state index in [1.165, 1.54) is 6.92 Å². The Morgan fingerprint density at radius 3 is 2.51 bits per heavy atom. The number of benzene rings is 1. The zero-order valence-corrected chi connectivity index (χ0v) is 30.5. The van der Waals surface area contributed by atoms with Crippen LogP contribution in [0.3, 0.4) is 0 Å². The van der Waals surface area contributed by atoms with E-state index in [1.807, 2.05) is 6.07 Å². The molecule has 4 heterocycles. The van der Waals surface area contributed by atoms with Crippen molar-refractivity contribution in [1.82, 2.24) is 14.9 Å². The van der Waals surface area contributed by atoms with Gasteiger partial charge in [0.25, 0.3) is 5.56 Å². The number of aromatic nitrogens is 2. The van der Waals surface area contributed by atoms with E-state index in [9.17, 15) is 24.0 Å². The molecule has 1 aromatic carbocycles. The molecule has 0 bridgehead atoms. The lowest BCUT2D eigenvalue weighted by Crippen LogP contribution is -2.53. The van der Waals surface area contributed by atoms with Crippen molar-refractivity contribution in [3.63, 3.8) is 0 Å². The summed E-state index contributed by atoms with van der Waals surface area (Å²) in [6.07, 6.45) is 0.978. The quantitative estimate of drug-likeness (QED) is 0.0899. The lowest BCUT2D eigenvalue weighted by atomic mass is 9.85. The predicted octanol–water partition coefficient (Wildman–Crippen LogP) is 6.06. The second kappa shape index (κ2) is 13.4. The molecular weight excluding hydrogens is 646 g/mol. The van der Waals surface area contributed by atoms with Crippen LogP contribution in [-0.4, -0.2) is 53.8 Å². The molecule has 49 heavy (non-hydrogen) atoms. The summed E-state index contributed by atoms with van der Waals surface area (Å²) in [5.41, 5.74) is -0.503. The maximum Gasteiger partial charge on any atom is 0.407 e. The summed E-state index contributed by atoms with van der Waals surface area (Å²) < 4.78 is 24.3. The van der Waals surface area contributed by atoms with Gasteiger partial charge in [0.2, 0.25) is 5.60 Å². The number of cyclic esters (lactones) is 1. The van der Waals surface area contributed by atoms with Crippen LogP contribution in [0.1, 0.15) is 89.6 Å². The fourth-order valence-corrected chi connectivity index (χ4v) is 9.57. The summed E-state index contributed by atoms with van der Waals surface area (Å²) in [4.78, 5) is 70.7. The molecule has 0 saturated carbocycles. The molecule has 2 aliphatic rings. The molecule has 12 nitrogen and oxygen atoms in total. The number of carbonyl (C=O) groups is 4. The predicted molar refractivity (Wildman–Crippen MR) is 185 cm³/mol. The van der Waals surface area contributed by atoms with Crippen molar-refractivity contribution in [2.75, 3.05) is 6.54 Å². The number of hydrogen-bond acceptors (Lipinski definition) is 10. The fourth-order valence-electron chi connectivity index (χ4n) is 6.56. The minimum atomic E-state index is -2.40. The summed E-state index contributed by atoms with van der Waals surface area (Å²) in [6.45, 7) is 14.7. The number of fused-ring (bicyclic) bond motifs is 5. The van der Waals surface area contributed by atoms with E-state index in [-0.39, 0.29) is 31.5 Å². The van der Waals surface area contributed by atoms with E-state index in [4.69, 9.17) is 23.9 Å². The van der Waals surface area contributed by atoms with Crippen LogP contribution in [-0.2, 0) is 40.7 Å². The molecular formula is C36H45N3O9Si. The number of unbranched alkanes of at least 4 members (excludes halogenated alkanes) is 1. The molecule has 0 aliphatic carbocycles. The van der Waals surface area contributed by atoms with E-state index in [0.717, 1.165) is 29.8 Å². The number of ether oxygens (including phenoxy) is 4. The third-order valence-electron chi connectivity index (χ3n) is 8.96. The van der Waals surface area contributed by atoms with Crippen LogP contribution in [0.2, 0.25) is 19.1 Å². The number of pyridine rings is 2. The highest BCUT2D eigenvalue weighted by atomic mass is 28.3. The number of hydrogen-bond donors (Lipinski definition) is 1. The number of alkyl carbamates (subject to hydrolysis) is 1. The van der Waals surface area contributed by atoms with Gasteiger partial charge in [0.1, 0.15) is 25.2 Å². The first-order valence-corrected chi connectivity index (χ1v) is 20.1. The molecule has 5 rings (SSSR count). The van der Waals surface area contributed by atoms with Crippen molar-refractivity contribution in [3.05, 3.63) is 57.4 Å². The highest BCUT2D eigenvalue weighted by molar-refractivity contribution is 6.78. The molecule has 0 spiro atoms. The number of rotatable bonds is 10. The van der Waals surface area contributed by atoms with Crippen molar-refractivity contribution in [1.29, 1.82) is 0 Å². The maximum atomic E-state index is 14.6. The van der Waals surface area contributed by atoms with E-state index in [1.54, 1.807) is 56.5 Å². The molecule has 1 N–H and O–H groups in total. The van der Waals surface area contributed by atoms with Gasteiger partial charge in [0.15, 0.2) is 0 Å². The van der Waals surface area contributed by atoms with Gasteiger partial charge in [-0.05, 0) is 57.5 Å². The first-order valence-electron chi connectivity index (χ1n) is 16.8. The van der Waals surface area contributed by atoms with Gasteiger partial charge in [-0.3, -0.25) is 14.4 Å². The topological polar surface area (TPSA) is 152 Å². The smallest absolute Gasteiger partial charge is 0.407 e. The van der Waals surface area contributed by atoms with Crippen molar-refractivity contribution >= 4 is 43.0 Å². The molecule has 1 amide bonds. The fraction of sp³-hybridized carbons (Fsp3) is 0.500. The summed E-state index contributed by atoms with van der Waals surface area (Å²) in [5, 5.41) is 3.28. The Morgan fingerprint density at radius 2 is 1.86 bits per heavy atom. The standard InChI is InChI=1S/C36H45N3O9Si/c1-9-11-16-49(7,8)32-29-25(36(10-2,33(43)46-32)47-28(41)14-15-37-34(44)48-35(4,5)6)19-27-30-23(20-39(27)31(29)42)17-22-18-24(45-21(3)40)12-13-26(22)38-30/h12-13,17-19,32H,9-11,14-16,20H2,1-8H3,(H,37,44). The molecule has 0 fully saturated rings. The minimum absolute atomic E-state index is 0.0214. The molecule has 0 saturated heterocycles. The zero-order valence-electron chi connectivity index (χ0n) is 29.5. The monoisotopic (exact) mass is 691 g/mol. The van der Waals surface area contributed by atoms with Crippen LogP contribution in [0.4, 0.5) is 4.79 Å². The van der Waals surface area contributed by atoms with Gasteiger partial charge < -0.3 is 28.8 Å². The van der Waals surface area contributed by atoms with Gasteiger partial charge >= 0.3 is 24.0 Å². The second-order valence-electron chi connectivity index (χ2n) is 14.4. The lowest BCUT2D eigenvalue weighted by molar-refractivity contribution is -0.190. The molecule has 3 aromatic rings. The molecule has 2 aromatic heterocycles. The van der Waals surface area contributed by atoms with Crippen LogP contribution in [0.15, 0.2) is 35.1 Å². The summed E-state index contributed by atoms with van der Waals surface area (Å²) >= 11 is 0. The summed E-state index contributed by atoms with van der Waals surface area (Å²) in [5.74, 6) is -1.51. The Hall–Kier alpha value is -4.52. The van der Waals surface area contributed by atoms with E-state index in [0.29, 0.717) is 33.8 Å². The van der Waals surface area contributed by atoms with Crippen LogP contribution in [0.5, 0.6) is 5.75 Å². The highest BCUT2D eigenvalue weighted by Crippen LogP contribution is 2.47. The Bertz CT molecular complexity index is 1890. The largest absolute Gasteiger partial charge is 0.458 e. The average Bonchev–Trinajstić information content (AvgIpc) is 3.36. The molecule has 2 aliphatic heterocycles. The number of esters is 3.